The quantitative estimate of drug-likeness (QED) is 0.531. The first kappa shape index (κ1) is 23.9. The van der Waals surface area contributed by atoms with Gasteiger partial charge in [0.1, 0.15) is 11.3 Å². The molecular weight excluding hydrogens is 431 g/mol. The van der Waals surface area contributed by atoms with Crippen molar-refractivity contribution in [1.82, 2.24) is 4.90 Å². The summed E-state index contributed by atoms with van der Waals surface area (Å²) in [4.78, 5) is 13.2. The number of likely N-dealkylation sites (tertiary alicyclic amines) is 1. The Kier molecular flexibility index (Phi) is 7.17. The minimum Gasteiger partial charge on any atom is -0.490 e. The molecule has 2 aromatic rings. The van der Waals surface area contributed by atoms with Gasteiger partial charge in [-0.05, 0) is 85.4 Å². The monoisotopic (exact) mass is 463 g/mol. The van der Waals surface area contributed by atoms with E-state index in [-0.39, 0.29) is 29.6 Å². The van der Waals surface area contributed by atoms with Crippen LogP contribution in [0.15, 0.2) is 30.3 Å². The van der Waals surface area contributed by atoms with Crippen molar-refractivity contribution in [3.05, 3.63) is 41.5 Å². The maximum Gasteiger partial charge on any atom is 0.420 e. The third kappa shape index (κ3) is 5.99. The van der Waals surface area contributed by atoms with Crippen LogP contribution in [0, 0.1) is 11.8 Å². The van der Waals surface area contributed by atoms with Crippen molar-refractivity contribution in [1.29, 1.82) is 0 Å². The van der Waals surface area contributed by atoms with Gasteiger partial charge in [-0.2, -0.15) is 13.2 Å². The molecule has 2 fully saturated rings. The fourth-order valence-electron chi connectivity index (χ4n) is 5.34. The Morgan fingerprint density at radius 1 is 1.12 bits per heavy atom. The summed E-state index contributed by atoms with van der Waals surface area (Å²) in [6.45, 7) is 4.34. The summed E-state index contributed by atoms with van der Waals surface area (Å²) >= 11 is 0. The van der Waals surface area contributed by atoms with Gasteiger partial charge in [0.15, 0.2) is 0 Å². The van der Waals surface area contributed by atoms with Crippen LogP contribution in [0.1, 0.15) is 63.0 Å². The second kappa shape index (κ2) is 9.92. The highest BCUT2D eigenvalue weighted by Crippen LogP contribution is 2.43. The fraction of sp³-hybridized carbons (Fsp3) is 0.577. The minimum absolute atomic E-state index is 0.0742. The molecule has 1 aliphatic heterocycles. The average Bonchev–Trinajstić information content (AvgIpc) is 2.74. The van der Waals surface area contributed by atoms with Gasteiger partial charge in [0.2, 0.25) is 0 Å². The molecular formula is C26H32F3NO3. The molecule has 0 spiro atoms. The molecule has 1 saturated heterocycles. The van der Waals surface area contributed by atoms with Gasteiger partial charge < -0.3 is 9.84 Å². The molecule has 0 radical (unpaired) electrons. The van der Waals surface area contributed by atoms with Gasteiger partial charge in [0.05, 0.1) is 6.10 Å². The predicted octanol–water partition coefficient (Wildman–Crippen LogP) is 6.50. The molecule has 7 heteroatoms. The highest BCUT2D eigenvalue weighted by molar-refractivity contribution is 5.89. The molecule has 1 saturated carbocycles. The van der Waals surface area contributed by atoms with Crippen LogP contribution in [-0.4, -0.2) is 35.2 Å². The number of ether oxygens (including phenoxy) is 1. The van der Waals surface area contributed by atoms with Crippen LogP contribution in [0.25, 0.3) is 10.8 Å². The summed E-state index contributed by atoms with van der Waals surface area (Å²) in [6.07, 6.45) is 0.850. The molecule has 2 aliphatic rings. The van der Waals surface area contributed by atoms with Crippen molar-refractivity contribution >= 4 is 16.7 Å². The number of hydrogen-bond donors (Lipinski definition) is 1. The Labute approximate surface area is 192 Å². The molecule has 4 nitrogen and oxygen atoms in total. The zero-order valence-electron chi connectivity index (χ0n) is 19.0. The molecule has 0 amide bonds. The molecule has 2 aromatic carbocycles. The van der Waals surface area contributed by atoms with Crippen molar-refractivity contribution in [3.8, 4) is 5.75 Å². The fourth-order valence-corrected chi connectivity index (χ4v) is 5.34. The van der Waals surface area contributed by atoms with E-state index in [0.29, 0.717) is 24.4 Å². The lowest BCUT2D eigenvalue weighted by atomic mass is 9.89. The standard InChI is InChI=1S/C26H32F3NO3/c1-17-4-8-21(9-5-17)33-23-11-7-20-13-19(6-10-22(20)25(23)26(27,28)29)16-30-12-2-3-18(15-30)14-24(31)32/h6-7,10-11,13,17-18,21H,2-5,8-9,12,14-16H2,1H3,(H,31,32). The number of nitrogens with zero attached hydrogens (tertiary/aromatic N) is 1. The van der Waals surface area contributed by atoms with Gasteiger partial charge in [-0.3, -0.25) is 9.69 Å². The minimum atomic E-state index is -4.50. The number of benzene rings is 2. The summed E-state index contributed by atoms with van der Waals surface area (Å²) < 4.78 is 48.1. The van der Waals surface area contributed by atoms with E-state index < -0.39 is 17.7 Å². The van der Waals surface area contributed by atoms with Crippen LogP contribution < -0.4 is 4.74 Å². The number of carboxylic acids is 1. The van der Waals surface area contributed by atoms with Gasteiger partial charge in [-0.15, -0.1) is 0 Å². The van der Waals surface area contributed by atoms with Gasteiger partial charge in [0, 0.05) is 19.5 Å². The number of hydrogen-bond acceptors (Lipinski definition) is 3. The third-order valence-corrected chi connectivity index (χ3v) is 7.06. The van der Waals surface area contributed by atoms with Crippen LogP contribution in [0.4, 0.5) is 13.2 Å². The first-order chi connectivity index (χ1) is 15.7. The van der Waals surface area contributed by atoms with Crippen molar-refractivity contribution in [2.24, 2.45) is 11.8 Å². The Hall–Kier alpha value is -2.28. The first-order valence-electron chi connectivity index (χ1n) is 11.9. The number of rotatable bonds is 6. The number of piperidine rings is 1. The Morgan fingerprint density at radius 2 is 1.88 bits per heavy atom. The molecule has 1 aliphatic carbocycles. The normalized spacial score (nSPS) is 24.7. The summed E-state index contributed by atoms with van der Waals surface area (Å²) in [5.41, 5.74) is 0.242. The lowest BCUT2D eigenvalue weighted by molar-refractivity contribution is -0.139. The largest absolute Gasteiger partial charge is 0.490 e. The van der Waals surface area contributed by atoms with Gasteiger partial charge in [-0.1, -0.05) is 25.1 Å². The highest BCUT2D eigenvalue weighted by Gasteiger charge is 2.37. The predicted molar refractivity (Wildman–Crippen MR) is 121 cm³/mol. The molecule has 1 heterocycles. The molecule has 180 valence electrons. The lowest BCUT2D eigenvalue weighted by Crippen LogP contribution is -2.35. The summed E-state index contributed by atoms with van der Waals surface area (Å²) in [5, 5.41) is 9.78. The van der Waals surface area contributed by atoms with Crippen LogP contribution in [-0.2, 0) is 17.5 Å². The third-order valence-electron chi connectivity index (χ3n) is 7.06. The van der Waals surface area contributed by atoms with Crippen LogP contribution in [0.3, 0.4) is 0 Å². The zero-order chi connectivity index (χ0) is 23.6. The van der Waals surface area contributed by atoms with E-state index in [2.05, 4.69) is 11.8 Å². The van der Waals surface area contributed by atoms with Crippen LogP contribution in [0.2, 0.25) is 0 Å². The highest BCUT2D eigenvalue weighted by atomic mass is 19.4. The SMILES string of the molecule is CC1CCC(Oc2ccc3cc(CN4CCCC(CC(=O)O)C4)ccc3c2C(F)(F)F)CC1. The Bertz CT molecular complexity index is 983. The number of carboxylic acid groups (broad SMARTS) is 1. The molecule has 0 aromatic heterocycles. The molecule has 4 rings (SSSR count). The lowest BCUT2D eigenvalue weighted by Gasteiger charge is -2.32. The second-order valence-electron chi connectivity index (χ2n) is 9.83. The zero-order valence-corrected chi connectivity index (χ0v) is 19.0. The summed E-state index contributed by atoms with van der Waals surface area (Å²) in [7, 11) is 0. The van der Waals surface area contributed by atoms with E-state index in [4.69, 9.17) is 9.84 Å². The summed E-state index contributed by atoms with van der Waals surface area (Å²) in [5.74, 6) is -0.139. The van der Waals surface area contributed by atoms with E-state index in [1.165, 1.54) is 6.07 Å². The van der Waals surface area contributed by atoms with Crippen molar-refractivity contribution in [2.75, 3.05) is 13.1 Å². The number of halogens is 3. The molecule has 1 atom stereocenters. The smallest absolute Gasteiger partial charge is 0.420 e. The summed E-state index contributed by atoms with van der Waals surface area (Å²) in [6, 6.07) is 8.32. The molecule has 0 bridgehead atoms. The molecule has 1 unspecified atom stereocenters. The van der Waals surface area contributed by atoms with Gasteiger partial charge >= 0.3 is 12.1 Å². The van der Waals surface area contributed by atoms with E-state index >= 15 is 0 Å². The number of carbonyl (C=O) groups is 1. The molecule has 33 heavy (non-hydrogen) atoms. The van der Waals surface area contributed by atoms with Gasteiger partial charge in [0.25, 0.3) is 0 Å². The van der Waals surface area contributed by atoms with Crippen molar-refractivity contribution < 1.29 is 27.8 Å². The van der Waals surface area contributed by atoms with Crippen molar-refractivity contribution in [2.45, 2.75) is 70.7 Å². The maximum absolute atomic E-state index is 14.1. The Morgan fingerprint density at radius 3 is 2.58 bits per heavy atom. The van der Waals surface area contributed by atoms with Gasteiger partial charge in [-0.25, -0.2) is 0 Å². The van der Waals surface area contributed by atoms with E-state index in [0.717, 1.165) is 50.6 Å². The second-order valence-corrected chi connectivity index (χ2v) is 9.83. The maximum atomic E-state index is 14.1. The van der Waals surface area contributed by atoms with E-state index in [1.54, 1.807) is 18.2 Å². The Balaban J connectivity index is 1.55. The van der Waals surface area contributed by atoms with Crippen LogP contribution in [0.5, 0.6) is 5.75 Å². The molecule has 1 N–H and O–H groups in total. The van der Waals surface area contributed by atoms with E-state index in [9.17, 15) is 18.0 Å². The number of alkyl halides is 3. The number of aliphatic carboxylic acids is 1. The van der Waals surface area contributed by atoms with Crippen LogP contribution >= 0.6 is 0 Å². The first-order valence-corrected chi connectivity index (χ1v) is 11.9. The van der Waals surface area contributed by atoms with Crippen molar-refractivity contribution in [3.63, 3.8) is 0 Å². The topological polar surface area (TPSA) is 49.8 Å². The number of fused-ring (bicyclic) bond motifs is 1. The average molecular weight is 464 g/mol. The van der Waals surface area contributed by atoms with E-state index in [1.807, 2.05) is 6.07 Å².